The lowest BCUT2D eigenvalue weighted by Crippen LogP contribution is -2.54. The van der Waals surface area contributed by atoms with Crippen LogP contribution >= 0.6 is 27.3 Å². The number of aromatic nitrogens is 3. The molecule has 1 aliphatic rings. The molecule has 2 atom stereocenters. The molecule has 2 unspecified atom stereocenters. The van der Waals surface area contributed by atoms with Crippen molar-refractivity contribution < 1.29 is 0 Å². The Kier molecular flexibility index (Phi) is 3.60. The normalized spacial score (nSPS) is 23.8. The molecule has 0 amide bonds. The number of hydrogen-bond acceptors (Lipinski definition) is 5. The molecule has 0 radical (unpaired) electrons. The molecule has 3 heterocycles. The van der Waals surface area contributed by atoms with Gasteiger partial charge in [-0.1, -0.05) is 0 Å². The standard InChI is InChI=1S/C12H16BrN5S/c1-7-4-18(5-8(2)14-7)12-15-11(16-17-12)9-3-10(13)19-6-9/h3,6-8,14H,4-5H2,1-2H3,(H,15,16,17). The second-order valence-electron chi connectivity index (χ2n) is 5.00. The molecule has 1 saturated heterocycles. The minimum atomic E-state index is 0.459. The van der Waals surface area contributed by atoms with Gasteiger partial charge in [-0.25, -0.2) is 0 Å². The zero-order valence-corrected chi connectivity index (χ0v) is 13.3. The van der Waals surface area contributed by atoms with E-state index in [1.165, 1.54) is 0 Å². The number of hydrogen-bond donors (Lipinski definition) is 2. The number of halogens is 1. The Morgan fingerprint density at radius 2 is 2.11 bits per heavy atom. The van der Waals surface area contributed by atoms with Gasteiger partial charge in [0, 0.05) is 36.1 Å². The van der Waals surface area contributed by atoms with Gasteiger partial charge in [0.25, 0.3) is 0 Å². The van der Waals surface area contributed by atoms with Gasteiger partial charge in [-0.3, -0.25) is 5.10 Å². The first kappa shape index (κ1) is 13.1. The summed E-state index contributed by atoms with van der Waals surface area (Å²) in [4.78, 5) is 6.83. The number of aromatic amines is 1. The fourth-order valence-corrected chi connectivity index (χ4v) is 3.59. The zero-order chi connectivity index (χ0) is 13.4. The molecule has 0 aliphatic carbocycles. The highest BCUT2D eigenvalue weighted by Crippen LogP contribution is 2.27. The van der Waals surface area contributed by atoms with E-state index >= 15 is 0 Å². The maximum Gasteiger partial charge on any atom is 0.245 e. The number of rotatable bonds is 2. The lowest BCUT2D eigenvalue weighted by atomic mass is 10.1. The van der Waals surface area contributed by atoms with Gasteiger partial charge in [-0.15, -0.1) is 16.4 Å². The summed E-state index contributed by atoms with van der Waals surface area (Å²) in [6.07, 6.45) is 0. The topological polar surface area (TPSA) is 56.8 Å². The number of anilines is 1. The summed E-state index contributed by atoms with van der Waals surface area (Å²) in [6.45, 7) is 6.25. The van der Waals surface area contributed by atoms with Gasteiger partial charge < -0.3 is 10.2 Å². The summed E-state index contributed by atoms with van der Waals surface area (Å²) in [7, 11) is 0. The minimum Gasteiger partial charge on any atom is -0.336 e. The van der Waals surface area contributed by atoms with Crippen LogP contribution in [0.4, 0.5) is 5.95 Å². The Balaban J connectivity index is 1.81. The molecule has 102 valence electrons. The van der Waals surface area contributed by atoms with Gasteiger partial charge in [-0.2, -0.15) is 4.98 Å². The summed E-state index contributed by atoms with van der Waals surface area (Å²) in [5, 5.41) is 12.9. The summed E-state index contributed by atoms with van der Waals surface area (Å²) < 4.78 is 1.10. The van der Waals surface area contributed by atoms with Crippen LogP contribution in [0.1, 0.15) is 13.8 Å². The van der Waals surface area contributed by atoms with E-state index in [1.54, 1.807) is 11.3 Å². The van der Waals surface area contributed by atoms with Crippen molar-refractivity contribution in [2.75, 3.05) is 18.0 Å². The summed E-state index contributed by atoms with van der Waals surface area (Å²) >= 11 is 5.12. The third kappa shape index (κ3) is 2.82. The van der Waals surface area contributed by atoms with Gasteiger partial charge in [0.2, 0.25) is 5.95 Å². The van der Waals surface area contributed by atoms with E-state index in [9.17, 15) is 0 Å². The molecule has 19 heavy (non-hydrogen) atoms. The van der Waals surface area contributed by atoms with Crippen molar-refractivity contribution in [3.63, 3.8) is 0 Å². The molecule has 5 nitrogen and oxygen atoms in total. The smallest absolute Gasteiger partial charge is 0.245 e. The van der Waals surface area contributed by atoms with E-state index < -0.39 is 0 Å². The quantitative estimate of drug-likeness (QED) is 0.880. The van der Waals surface area contributed by atoms with Crippen molar-refractivity contribution in [2.24, 2.45) is 0 Å². The monoisotopic (exact) mass is 341 g/mol. The fourth-order valence-electron chi connectivity index (χ4n) is 2.45. The predicted octanol–water partition coefficient (Wildman–Crippen LogP) is 2.48. The number of piperazine rings is 1. The zero-order valence-electron chi connectivity index (χ0n) is 10.9. The predicted molar refractivity (Wildman–Crippen MR) is 81.7 cm³/mol. The number of H-pyrrole nitrogens is 1. The van der Waals surface area contributed by atoms with Crippen LogP contribution in [0.2, 0.25) is 0 Å². The van der Waals surface area contributed by atoms with Gasteiger partial charge >= 0.3 is 0 Å². The molecular formula is C12H16BrN5S. The molecule has 0 aromatic carbocycles. The third-order valence-corrected chi connectivity index (χ3v) is 4.66. The third-order valence-electron chi connectivity index (χ3n) is 3.15. The molecule has 3 rings (SSSR count). The molecule has 1 aliphatic heterocycles. The highest BCUT2D eigenvalue weighted by molar-refractivity contribution is 9.11. The average Bonchev–Trinajstić information content (AvgIpc) is 2.95. The van der Waals surface area contributed by atoms with Crippen LogP contribution in [0.15, 0.2) is 15.2 Å². The van der Waals surface area contributed by atoms with E-state index in [0.29, 0.717) is 12.1 Å². The maximum absolute atomic E-state index is 4.60. The number of thiophene rings is 1. The van der Waals surface area contributed by atoms with Crippen LogP contribution < -0.4 is 10.2 Å². The Morgan fingerprint density at radius 3 is 2.74 bits per heavy atom. The first-order valence-corrected chi connectivity index (χ1v) is 7.97. The van der Waals surface area contributed by atoms with Crippen LogP contribution in [0, 0.1) is 0 Å². The average molecular weight is 342 g/mol. The summed E-state index contributed by atoms with van der Waals surface area (Å²) in [6, 6.07) is 2.97. The van der Waals surface area contributed by atoms with Crippen LogP contribution in [0.25, 0.3) is 11.4 Å². The molecule has 7 heteroatoms. The van der Waals surface area contributed by atoms with Gasteiger partial charge in [0.1, 0.15) is 0 Å². The largest absolute Gasteiger partial charge is 0.336 e. The second kappa shape index (κ2) is 5.22. The number of nitrogens with one attached hydrogen (secondary N) is 2. The van der Waals surface area contributed by atoms with Gasteiger partial charge in [-0.05, 0) is 35.8 Å². The molecule has 0 bridgehead atoms. The molecular weight excluding hydrogens is 326 g/mol. The van der Waals surface area contributed by atoms with Gasteiger partial charge in [0.05, 0.1) is 3.79 Å². The fraction of sp³-hybridized carbons (Fsp3) is 0.500. The second-order valence-corrected chi connectivity index (χ2v) is 7.29. The van der Waals surface area contributed by atoms with Crippen molar-refractivity contribution in [1.29, 1.82) is 0 Å². The molecule has 1 fully saturated rings. The Labute approximate surface area is 124 Å². The van der Waals surface area contributed by atoms with E-state index in [2.05, 4.69) is 66.6 Å². The lowest BCUT2D eigenvalue weighted by molar-refractivity contribution is 0.403. The van der Waals surface area contributed by atoms with Gasteiger partial charge in [0.15, 0.2) is 5.82 Å². The molecule has 2 aromatic heterocycles. The van der Waals surface area contributed by atoms with Crippen molar-refractivity contribution in [1.82, 2.24) is 20.5 Å². The molecule has 2 aromatic rings. The van der Waals surface area contributed by atoms with Crippen molar-refractivity contribution in [2.45, 2.75) is 25.9 Å². The van der Waals surface area contributed by atoms with Crippen LogP contribution in [-0.2, 0) is 0 Å². The Hall–Kier alpha value is -0.920. The van der Waals surface area contributed by atoms with Crippen LogP contribution in [0.3, 0.4) is 0 Å². The summed E-state index contributed by atoms with van der Waals surface area (Å²) in [5.41, 5.74) is 1.08. The van der Waals surface area contributed by atoms with E-state index in [0.717, 1.165) is 34.2 Å². The minimum absolute atomic E-state index is 0.459. The molecule has 0 saturated carbocycles. The van der Waals surface area contributed by atoms with Crippen LogP contribution in [-0.4, -0.2) is 40.4 Å². The first-order valence-electron chi connectivity index (χ1n) is 6.29. The van der Waals surface area contributed by atoms with Crippen LogP contribution in [0.5, 0.6) is 0 Å². The van der Waals surface area contributed by atoms with E-state index in [1.807, 2.05) is 0 Å². The molecule has 2 N–H and O–H groups in total. The maximum atomic E-state index is 4.60. The Bertz CT molecular complexity index is 556. The molecule has 0 spiro atoms. The number of nitrogens with zero attached hydrogens (tertiary/aromatic N) is 3. The van der Waals surface area contributed by atoms with E-state index in [-0.39, 0.29) is 0 Å². The Morgan fingerprint density at radius 1 is 1.37 bits per heavy atom. The van der Waals surface area contributed by atoms with Crippen molar-refractivity contribution in [3.05, 3.63) is 15.2 Å². The summed E-state index contributed by atoms with van der Waals surface area (Å²) in [5.74, 6) is 1.62. The first-order chi connectivity index (χ1) is 9.11. The highest BCUT2D eigenvalue weighted by atomic mass is 79.9. The lowest BCUT2D eigenvalue weighted by Gasteiger charge is -2.35. The highest BCUT2D eigenvalue weighted by Gasteiger charge is 2.23. The van der Waals surface area contributed by atoms with Crippen molar-refractivity contribution >= 4 is 33.2 Å². The van der Waals surface area contributed by atoms with E-state index in [4.69, 9.17) is 0 Å². The van der Waals surface area contributed by atoms with Crippen molar-refractivity contribution in [3.8, 4) is 11.4 Å². The SMILES string of the molecule is CC1CN(c2n[nH]c(-c3csc(Br)c3)n2)CC(C)N1.